The summed E-state index contributed by atoms with van der Waals surface area (Å²) in [5.74, 6) is 0.757. The second-order valence-corrected chi connectivity index (χ2v) is 4.73. The van der Waals surface area contributed by atoms with Gasteiger partial charge in [0.2, 0.25) is 0 Å². The summed E-state index contributed by atoms with van der Waals surface area (Å²) in [5.41, 5.74) is 2.00. The molecule has 0 amide bonds. The molecule has 6 heteroatoms. The van der Waals surface area contributed by atoms with E-state index in [9.17, 15) is 4.79 Å². The Morgan fingerprint density at radius 3 is 2.95 bits per heavy atom. The van der Waals surface area contributed by atoms with Crippen molar-refractivity contribution < 1.29 is 9.53 Å². The molecule has 0 spiro atoms. The van der Waals surface area contributed by atoms with Crippen LogP contribution in [0.1, 0.15) is 24.4 Å². The number of imidazole rings is 1. The summed E-state index contributed by atoms with van der Waals surface area (Å²) >= 11 is 5.79. The van der Waals surface area contributed by atoms with E-state index >= 15 is 0 Å². The van der Waals surface area contributed by atoms with E-state index in [1.54, 1.807) is 29.7 Å². The molecule has 104 valence electrons. The third-order valence-corrected chi connectivity index (χ3v) is 3.33. The van der Waals surface area contributed by atoms with Crippen LogP contribution in [0.25, 0.3) is 11.0 Å². The molecule has 0 radical (unpaired) electrons. The normalized spacial score (nSPS) is 12.1. The largest absolute Gasteiger partial charge is 0.467 e. The number of carbonyl (C=O) groups is 1. The first-order valence-corrected chi connectivity index (χ1v) is 6.70. The molecular weight excluding hydrogens is 278 g/mol. The van der Waals surface area contributed by atoms with Crippen molar-refractivity contribution in [2.45, 2.75) is 19.4 Å². The van der Waals surface area contributed by atoms with Gasteiger partial charge in [-0.05, 0) is 25.1 Å². The lowest BCUT2D eigenvalue weighted by molar-refractivity contribution is -0.143. The topological polar surface area (TPSA) is 67.9 Å². The maximum absolute atomic E-state index is 11.8. The van der Waals surface area contributed by atoms with Crippen LogP contribution in [-0.2, 0) is 16.0 Å². The van der Waals surface area contributed by atoms with Crippen LogP contribution in [0.15, 0.2) is 18.2 Å². The predicted molar refractivity (Wildman–Crippen MR) is 75.6 cm³/mol. The minimum Gasteiger partial charge on any atom is -0.467 e. The number of hydrogen-bond acceptors (Lipinski definition) is 4. The van der Waals surface area contributed by atoms with Crippen LogP contribution in [-0.4, -0.2) is 28.5 Å². The van der Waals surface area contributed by atoms with E-state index in [-0.39, 0.29) is 5.97 Å². The molecular formula is C14H14ClN3O2. The lowest BCUT2D eigenvalue weighted by Crippen LogP contribution is -2.20. The Hall–Kier alpha value is -2.06. The number of hydrogen-bond donors (Lipinski definition) is 0. The molecule has 1 unspecified atom stereocenters. The molecule has 0 aliphatic rings. The number of fused-ring (bicyclic) bond motifs is 1. The predicted octanol–water partition coefficient (Wildman–Crippen LogP) is 2.42. The Morgan fingerprint density at radius 2 is 2.35 bits per heavy atom. The number of rotatable bonds is 4. The van der Waals surface area contributed by atoms with Crippen LogP contribution in [0.2, 0.25) is 0 Å². The van der Waals surface area contributed by atoms with Crippen molar-refractivity contribution >= 4 is 28.6 Å². The van der Waals surface area contributed by atoms with Gasteiger partial charge in [-0.3, -0.25) is 0 Å². The number of benzene rings is 1. The fourth-order valence-corrected chi connectivity index (χ4v) is 2.35. The highest BCUT2D eigenvalue weighted by atomic mass is 35.5. The maximum atomic E-state index is 11.8. The number of aryl methyl sites for hydroxylation is 1. The maximum Gasteiger partial charge on any atom is 0.328 e. The van der Waals surface area contributed by atoms with Crippen LogP contribution in [0.3, 0.4) is 0 Å². The summed E-state index contributed by atoms with van der Waals surface area (Å²) in [6, 6.07) is 6.76. The van der Waals surface area contributed by atoms with Crippen LogP contribution in [0.5, 0.6) is 0 Å². The molecule has 0 N–H and O–H groups in total. The van der Waals surface area contributed by atoms with Crippen molar-refractivity contribution in [2.75, 3.05) is 13.0 Å². The van der Waals surface area contributed by atoms with E-state index < -0.39 is 6.04 Å². The number of ether oxygens (including phenoxy) is 1. The number of nitrogens with zero attached hydrogens (tertiary/aromatic N) is 3. The van der Waals surface area contributed by atoms with E-state index in [1.165, 1.54) is 7.11 Å². The van der Waals surface area contributed by atoms with Gasteiger partial charge in [-0.2, -0.15) is 5.26 Å². The molecule has 0 aliphatic carbocycles. The monoisotopic (exact) mass is 291 g/mol. The minimum absolute atomic E-state index is 0.359. The van der Waals surface area contributed by atoms with Crippen molar-refractivity contribution in [3.8, 4) is 6.07 Å². The van der Waals surface area contributed by atoms with Gasteiger partial charge >= 0.3 is 5.97 Å². The summed E-state index contributed by atoms with van der Waals surface area (Å²) in [7, 11) is 1.35. The van der Waals surface area contributed by atoms with Crippen LogP contribution >= 0.6 is 11.6 Å². The molecule has 2 rings (SSSR count). The van der Waals surface area contributed by atoms with E-state index in [0.29, 0.717) is 23.7 Å². The van der Waals surface area contributed by atoms with Gasteiger partial charge in [0.25, 0.3) is 0 Å². The highest BCUT2D eigenvalue weighted by Crippen LogP contribution is 2.23. The van der Waals surface area contributed by atoms with Crippen molar-refractivity contribution in [1.29, 1.82) is 5.26 Å². The van der Waals surface area contributed by atoms with Gasteiger partial charge in [0.15, 0.2) is 0 Å². The number of nitriles is 1. The third-order valence-electron chi connectivity index (χ3n) is 3.14. The Bertz CT molecular complexity index is 688. The first-order chi connectivity index (χ1) is 9.62. The number of alkyl halides is 1. The molecule has 1 aromatic carbocycles. The molecule has 0 fully saturated rings. The Labute approximate surface area is 121 Å². The van der Waals surface area contributed by atoms with Crippen LogP contribution < -0.4 is 0 Å². The zero-order valence-corrected chi connectivity index (χ0v) is 12.0. The highest BCUT2D eigenvalue weighted by Gasteiger charge is 2.22. The molecule has 0 saturated carbocycles. The Balaban J connectivity index is 2.66. The number of aromatic nitrogens is 2. The number of methoxy groups -OCH3 is 1. The van der Waals surface area contributed by atoms with Gasteiger partial charge in [0.1, 0.15) is 11.9 Å². The van der Waals surface area contributed by atoms with Gasteiger partial charge < -0.3 is 9.30 Å². The van der Waals surface area contributed by atoms with E-state index in [2.05, 4.69) is 11.1 Å². The van der Waals surface area contributed by atoms with Crippen molar-refractivity contribution in [3.05, 3.63) is 29.6 Å². The molecule has 5 nitrogen and oxygen atoms in total. The molecule has 0 aliphatic heterocycles. The van der Waals surface area contributed by atoms with Gasteiger partial charge in [-0.15, -0.1) is 11.6 Å². The third kappa shape index (κ3) is 2.47. The van der Waals surface area contributed by atoms with Gasteiger partial charge in [-0.25, -0.2) is 9.78 Å². The molecule has 1 atom stereocenters. The molecule has 0 bridgehead atoms. The summed E-state index contributed by atoms with van der Waals surface area (Å²) in [4.78, 5) is 16.3. The van der Waals surface area contributed by atoms with Crippen molar-refractivity contribution in [2.24, 2.45) is 0 Å². The van der Waals surface area contributed by atoms with Gasteiger partial charge in [0, 0.05) is 12.3 Å². The summed E-state index contributed by atoms with van der Waals surface area (Å²) in [6.45, 7) is 1.74. The zero-order chi connectivity index (χ0) is 14.7. The Kier molecular flexibility index (Phi) is 4.26. The lowest BCUT2D eigenvalue weighted by Gasteiger charge is -2.15. The van der Waals surface area contributed by atoms with E-state index in [1.807, 2.05) is 0 Å². The quantitative estimate of drug-likeness (QED) is 0.641. The summed E-state index contributed by atoms with van der Waals surface area (Å²) < 4.78 is 6.57. The minimum atomic E-state index is -0.517. The average Bonchev–Trinajstić information content (AvgIpc) is 2.82. The highest BCUT2D eigenvalue weighted by molar-refractivity contribution is 6.17. The fraction of sp³-hybridized carbons (Fsp3) is 0.357. The molecule has 1 heterocycles. The Morgan fingerprint density at radius 1 is 1.60 bits per heavy atom. The smallest absolute Gasteiger partial charge is 0.328 e. The van der Waals surface area contributed by atoms with Crippen molar-refractivity contribution in [1.82, 2.24) is 9.55 Å². The second-order valence-electron chi connectivity index (χ2n) is 4.35. The average molecular weight is 292 g/mol. The van der Waals surface area contributed by atoms with E-state index in [0.717, 1.165) is 11.0 Å². The van der Waals surface area contributed by atoms with E-state index in [4.69, 9.17) is 21.6 Å². The molecule has 1 aromatic heterocycles. The summed E-state index contributed by atoms with van der Waals surface area (Å²) in [5, 5.41) is 9.00. The van der Waals surface area contributed by atoms with Crippen LogP contribution in [0, 0.1) is 11.3 Å². The standard InChI is InChI=1S/C14H14ClN3O2/c1-9(14(19)20-2)18-12-7-10(8-16)3-4-11(12)17-13(18)5-6-15/h3-4,7,9H,5-6H2,1-2H3. The number of carbonyl (C=O) groups excluding carboxylic acids is 1. The first-order valence-electron chi connectivity index (χ1n) is 6.17. The second kappa shape index (κ2) is 5.93. The summed E-state index contributed by atoms with van der Waals surface area (Å²) in [6.07, 6.45) is 0.541. The SMILES string of the molecule is COC(=O)C(C)n1c(CCCl)nc2ccc(C#N)cc21. The lowest BCUT2D eigenvalue weighted by atomic mass is 10.2. The zero-order valence-electron chi connectivity index (χ0n) is 11.3. The van der Waals surface area contributed by atoms with Gasteiger partial charge in [-0.1, -0.05) is 0 Å². The number of halogens is 1. The van der Waals surface area contributed by atoms with Crippen molar-refractivity contribution in [3.63, 3.8) is 0 Å². The molecule has 2 aromatic rings. The molecule has 20 heavy (non-hydrogen) atoms. The van der Waals surface area contributed by atoms with Gasteiger partial charge in [0.05, 0.1) is 29.8 Å². The van der Waals surface area contributed by atoms with Crippen LogP contribution in [0.4, 0.5) is 0 Å². The first kappa shape index (κ1) is 14.4. The molecule has 0 saturated heterocycles. The fourth-order valence-electron chi connectivity index (χ4n) is 2.18. The number of esters is 1.